The molecule has 0 radical (unpaired) electrons. The fourth-order valence-electron chi connectivity index (χ4n) is 1.98. The number of ether oxygens (including phenoxy) is 1. The molecule has 0 aliphatic heterocycles. The van der Waals surface area contributed by atoms with Gasteiger partial charge < -0.3 is 4.74 Å². The average Bonchev–Trinajstić information content (AvgIpc) is 2.39. The van der Waals surface area contributed by atoms with E-state index in [1.165, 1.54) is 5.56 Å². The Kier molecular flexibility index (Phi) is 3.64. The van der Waals surface area contributed by atoms with E-state index in [1.54, 1.807) is 7.11 Å². The highest BCUT2D eigenvalue weighted by Crippen LogP contribution is 2.27. The molecule has 18 heavy (non-hydrogen) atoms. The molecular weight excluding hydrogens is 222 g/mol. The van der Waals surface area contributed by atoms with E-state index in [0.717, 1.165) is 22.4 Å². The molecule has 0 saturated carbocycles. The molecule has 90 valence electrons. The van der Waals surface area contributed by atoms with Gasteiger partial charge in [0.1, 0.15) is 5.75 Å². The zero-order valence-electron chi connectivity index (χ0n) is 10.6. The maximum atomic E-state index is 8.76. The summed E-state index contributed by atoms with van der Waals surface area (Å²) in [4.78, 5) is 0. The van der Waals surface area contributed by atoms with Crippen LogP contribution in [0.15, 0.2) is 42.5 Å². The van der Waals surface area contributed by atoms with Crippen LogP contribution in [-0.2, 0) is 6.42 Å². The van der Waals surface area contributed by atoms with Gasteiger partial charge in [0.2, 0.25) is 0 Å². The summed E-state index contributed by atoms with van der Waals surface area (Å²) in [5.41, 5.74) is 4.43. The minimum atomic E-state index is 0.372. The van der Waals surface area contributed by atoms with Crippen molar-refractivity contribution in [2.45, 2.75) is 13.3 Å². The van der Waals surface area contributed by atoms with E-state index < -0.39 is 0 Å². The number of benzene rings is 2. The summed E-state index contributed by atoms with van der Waals surface area (Å²) < 4.78 is 5.34. The molecule has 0 aromatic heterocycles. The Bertz CT molecular complexity index is 596. The standard InChI is InChI=1S/C16H15NO/c1-12-4-3-5-14(10-12)15-7-6-13(8-9-17)16(11-15)18-2/h3-7,10-11H,8H2,1-2H3. The Morgan fingerprint density at radius 3 is 2.56 bits per heavy atom. The summed E-state index contributed by atoms with van der Waals surface area (Å²) in [5, 5.41) is 8.76. The number of rotatable bonds is 3. The largest absolute Gasteiger partial charge is 0.496 e. The molecule has 2 rings (SSSR count). The molecule has 0 fully saturated rings. The summed E-state index contributed by atoms with van der Waals surface area (Å²) >= 11 is 0. The minimum Gasteiger partial charge on any atom is -0.496 e. The number of nitriles is 1. The summed E-state index contributed by atoms with van der Waals surface area (Å²) in [6, 6.07) is 16.5. The van der Waals surface area contributed by atoms with Crippen molar-refractivity contribution in [3.8, 4) is 22.9 Å². The maximum Gasteiger partial charge on any atom is 0.123 e. The second kappa shape index (κ2) is 5.37. The highest BCUT2D eigenvalue weighted by molar-refractivity contribution is 5.66. The normalized spacial score (nSPS) is 9.83. The van der Waals surface area contributed by atoms with Crippen molar-refractivity contribution in [1.29, 1.82) is 5.26 Å². The minimum absolute atomic E-state index is 0.372. The summed E-state index contributed by atoms with van der Waals surface area (Å²) in [6.07, 6.45) is 0.372. The third-order valence-corrected chi connectivity index (χ3v) is 2.91. The number of methoxy groups -OCH3 is 1. The molecule has 0 aliphatic carbocycles. The van der Waals surface area contributed by atoms with Gasteiger partial charge >= 0.3 is 0 Å². The van der Waals surface area contributed by atoms with Crippen LogP contribution in [0, 0.1) is 18.3 Å². The van der Waals surface area contributed by atoms with Gasteiger partial charge in [0.25, 0.3) is 0 Å². The molecule has 0 atom stereocenters. The van der Waals surface area contributed by atoms with Crippen molar-refractivity contribution in [3.05, 3.63) is 53.6 Å². The molecule has 2 nitrogen and oxygen atoms in total. The first-order valence-corrected chi connectivity index (χ1v) is 5.85. The van der Waals surface area contributed by atoms with Crippen LogP contribution in [0.2, 0.25) is 0 Å². The molecule has 2 heteroatoms. The Morgan fingerprint density at radius 2 is 1.89 bits per heavy atom. The number of nitrogens with zero attached hydrogens (tertiary/aromatic N) is 1. The van der Waals surface area contributed by atoms with Crippen LogP contribution in [0.5, 0.6) is 5.75 Å². The molecule has 0 amide bonds. The molecule has 0 bridgehead atoms. The van der Waals surface area contributed by atoms with Crippen LogP contribution < -0.4 is 4.74 Å². The zero-order chi connectivity index (χ0) is 13.0. The lowest BCUT2D eigenvalue weighted by atomic mass is 10.0. The second-order valence-corrected chi connectivity index (χ2v) is 4.23. The lowest BCUT2D eigenvalue weighted by Crippen LogP contribution is -1.92. The second-order valence-electron chi connectivity index (χ2n) is 4.23. The van der Waals surface area contributed by atoms with E-state index in [0.29, 0.717) is 6.42 Å². The summed E-state index contributed by atoms with van der Waals surface area (Å²) in [7, 11) is 1.64. The van der Waals surface area contributed by atoms with Crippen LogP contribution in [0.4, 0.5) is 0 Å². The molecule has 0 aliphatic rings. The quantitative estimate of drug-likeness (QED) is 0.814. The van der Waals surface area contributed by atoms with Crippen LogP contribution in [-0.4, -0.2) is 7.11 Å². The molecule has 2 aromatic carbocycles. The van der Waals surface area contributed by atoms with Gasteiger partial charge in [-0.25, -0.2) is 0 Å². The van der Waals surface area contributed by atoms with Gasteiger partial charge in [0.15, 0.2) is 0 Å². The van der Waals surface area contributed by atoms with Crippen molar-refractivity contribution >= 4 is 0 Å². The highest BCUT2D eigenvalue weighted by atomic mass is 16.5. The zero-order valence-corrected chi connectivity index (χ0v) is 10.6. The fraction of sp³-hybridized carbons (Fsp3) is 0.188. The average molecular weight is 237 g/mol. The lowest BCUT2D eigenvalue weighted by molar-refractivity contribution is 0.411. The maximum absolute atomic E-state index is 8.76. The first-order chi connectivity index (χ1) is 8.74. The topological polar surface area (TPSA) is 33.0 Å². The molecule has 0 heterocycles. The van der Waals surface area contributed by atoms with Gasteiger partial charge in [-0.15, -0.1) is 0 Å². The highest BCUT2D eigenvalue weighted by Gasteiger charge is 2.05. The van der Waals surface area contributed by atoms with Gasteiger partial charge in [-0.2, -0.15) is 5.26 Å². The molecule has 2 aromatic rings. The Labute approximate surface area is 107 Å². The lowest BCUT2D eigenvalue weighted by Gasteiger charge is -2.09. The molecule has 0 spiro atoms. The van der Waals surface area contributed by atoms with E-state index in [1.807, 2.05) is 24.3 Å². The summed E-state index contributed by atoms with van der Waals surface area (Å²) in [6.45, 7) is 2.07. The van der Waals surface area contributed by atoms with Crippen molar-refractivity contribution in [1.82, 2.24) is 0 Å². The molecule has 0 saturated heterocycles. The summed E-state index contributed by atoms with van der Waals surface area (Å²) in [5.74, 6) is 0.774. The van der Waals surface area contributed by atoms with Crippen LogP contribution >= 0.6 is 0 Å². The Balaban J connectivity index is 2.44. The van der Waals surface area contributed by atoms with Crippen molar-refractivity contribution in [3.63, 3.8) is 0 Å². The van der Waals surface area contributed by atoms with Crippen LogP contribution in [0.25, 0.3) is 11.1 Å². The predicted molar refractivity (Wildman–Crippen MR) is 72.5 cm³/mol. The first kappa shape index (κ1) is 12.2. The van der Waals surface area contributed by atoms with Gasteiger partial charge in [-0.05, 0) is 24.1 Å². The SMILES string of the molecule is COc1cc(-c2cccc(C)c2)ccc1CC#N. The molecule has 0 N–H and O–H groups in total. The van der Waals surface area contributed by atoms with E-state index in [-0.39, 0.29) is 0 Å². The Hall–Kier alpha value is -2.27. The van der Waals surface area contributed by atoms with Crippen LogP contribution in [0.1, 0.15) is 11.1 Å². The van der Waals surface area contributed by atoms with E-state index in [2.05, 4.69) is 31.2 Å². The molecular formula is C16H15NO. The monoisotopic (exact) mass is 237 g/mol. The third-order valence-electron chi connectivity index (χ3n) is 2.91. The van der Waals surface area contributed by atoms with Gasteiger partial charge in [0.05, 0.1) is 19.6 Å². The number of hydrogen-bond acceptors (Lipinski definition) is 2. The number of aryl methyl sites for hydroxylation is 1. The van der Waals surface area contributed by atoms with Crippen molar-refractivity contribution < 1.29 is 4.74 Å². The van der Waals surface area contributed by atoms with Crippen molar-refractivity contribution in [2.24, 2.45) is 0 Å². The predicted octanol–water partition coefficient (Wildman–Crippen LogP) is 3.74. The van der Waals surface area contributed by atoms with Crippen LogP contribution in [0.3, 0.4) is 0 Å². The van der Waals surface area contributed by atoms with E-state index in [4.69, 9.17) is 10.00 Å². The van der Waals surface area contributed by atoms with Gasteiger partial charge in [-0.1, -0.05) is 42.0 Å². The Morgan fingerprint density at radius 1 is 1.11 bits per heavy atom. The number of hydrogen-bond donors (Lipinski definition) is 0. The molecule has 0 unspecified atom stereocenters. The van der Waals surface area contributed by atoms with Crippen molar-refractivity contribution in [2.75, 3.05) is 7.11 Å². The third kappa shape index (κ3) is 2.52. The van der Waals surface area contributed by atoms with E-state index >= 15 is 0 Å². The smallest absolute Gasteiger partial charge is 0.123 e. The van der Waals surface area contributed by atoms with Gasteiger partial charge in [-0.3, -0.25) is 0 Å². The fourth-order valence-corrected chi connectivity index (χ4v) is 1.98. The first-order valence-electron chi connectivity index (χ1n) is 5.85. The van der Waals surface area contributed by atoms with Gasteiger partial charge in [0, 0.05) is 5.56 Å². The van der Waals surface area contributed by atoms with E-state index in [9.17, 15) is 0 Å².